The monoisotopic (exact) mass is 674 g/mol. The fourth-order valence-corrected chi connectivity index (χ4v) is 13.9. The summed E-state index contributed by atoms with van der Waals surface area (Å²) in [7, 11) is -3.90. The molecule has 0 amide bonds. The Kier molecular flexibility index (Phi) is 8.57. The van der Waals surface area contributed by atoms with Gasteiger partial charge in [-0.1, -0.05) is 39.0 Å². The van der Waals surface area contributed by atoms with Crippen molar-refractivity contribution in [2.45, 2.75) is 144 Å². The fraction of sp³-hybridized carbons (Fsp3) is 0.833. The van der Waals surface area contributed by atoms with Crippen molar-refractivity contribution in [2.75, 3.05) is 0 Å². The average Bonchev–Trinajstić information content (AvgIpc) is 3.35. The Labute approximate surface area is 270 Å². The van der Waals surface area contributed by atoms with Crippen LogP contribution in [0.15, 0.2) is 35.2 Å². The summed E-state index contributed by atoms with van der Waals surface area (Å²) in [5.74, 6) is -2.40. The summed E-state index contributed by atoms with van der Waals surface area (Å²) in [6, 6.07) is 8.25. The summed E-state index contributed by atoms with van der Waals surface area (Å²) in [6.07, 6.45) is -1.07. The number of alkyl halides is 5. The topological polar surface area (TPSA) is 74.6 Å². The third kappa shape index (κ3) is 5.66. The van der Waals surface area contributed by atoms with E-state index in [0.717, 1.165) is 32.1 Å². The van der Waals surface area contributed by atoms with Gasteiger partial charge in [-0.25, -0.2) is 17.2 Å². The Balaban J connectivity index is 1.26. The summed E-state index contributed by atoms with van der Waals surface area (Å²) < 4.78 is 98.3. The van der Waals surface area contributed by atoms with Crippen LogP contribution in [-0.4, -0.2) is 47.2 Å². The minimum atomic E-state index is -4.63. The third-order valence-electron chi connectivity index (χ3n) is 14.5. The maximum Gasteiger partial charge on any atom is 0.417 e. The molecule has 46 heavy (non-hydrogen) atoms. The summed E-state index contributed by atoms with van der Waals surface area (Å²) in [5, 5.41) is 21.2. The first-order chi connectivity index (χ1) is 21.2. The van der Waals surface area contributed by atoms with E-state index in [4.69, 9.17) is 0 Å². The predicted octanol–water partition coefficient (Wildman–Crippen LogP) is 8.75. The minimum absolute atomic E-state index is 0.0442. The number of fused-ring (bicyclic) bond motifs is 5. The lowest BCUT2D eigenvalue weighted by atomic mass is 9.43. The van der Waals surface area contributed by atoms with E-state index in [1.54, 1.807) is 30.3 Å². The largest absolute Gasteiger partial charge is 0.417 e. The molecule has 2 N–H and O–H groups in total. The van der Waals surface area contributed by atoms with E-state index in [9.17, 15) is 40.6 Å². The second-order valence-corrected chi connectivity index (χ2v) is 18.8. The minimum Gasteiger partial charge on any atom is -0.390 e. The van der Waals surface area contributed by atoms with Gasteiger partial charge < -0.3 is 10.2 Å². The quantitative estimate of drug-likeness (QED) is 0.296. The predicted molar refractivity (Wildman–Crippen MR) is 166 cm³/mol. The summed E-state index contributed by atoms with van der Waals surface area (Å²) in [4.78, 5) is 0.183. The van der Waals surface area contributed by atoms with Crippen LogP contribution in [0, 0.1) is 46.3 Å². The lowest BCUT2D eigenvalue weighted by Gasteiger charge is -2.62. The lowest BCUT2D eigenvalue weighted by molar-refractivity contribution is -0.290. The summed E-state index contributed by atoms with van der Waals surface area (Å²) in [5.41, 5.74) is -4.53. The summed E-state index contributed by atoms with van der Waals surface area (Å²) >= 11 is 0. The van der Waals surface area contributed by atoms with E-state index >= 15 is 0 Å². The van der Waals surface area contributed by atoms with Crippen LogP contribution in [0.4, 0.5) is 22.0 Å². The van der Waals surface area contributed by atoms with E-state index in [-0.39, 0.29) is 71.5 Å². The highest BCUT2D eigenvalue weighted by atomic mass is 32.2. The standard InChI is InChI=1S/C36H51F5O4S/c1-23(30(46(44,45)25-7-5-4-6-8-25)22-33(42)16-19-35(37,38)20-17-33)27-11-12-28-26-10-9-24-21-34(43,36(39,40)41)18-15-31(24,2)29(26)13-14-32(27,28)3/h4-8,23-24,26-30,42-43H,9-22H2,1-3H3/t23-,24-,26-,27+,28-,29-,30?,31-,32+,34-/m0/s1. The number of halogens is 5. The molecule has 0 radical (unpaired) electrons. The van der Waals surface area contributed by atoms with Gasteiger partial charge in [0, 0.05) is 12.8 Å². The maximum absolute atomic E-state index is 14.3. The number of hydrogen-bond acceptors (Lipinski definition) is 4. The van der Waals surface area contributed by atoms with Crippen LogP contribution in [0.5, 0.6) is 0 Å². The van der Waals surface area contributed by atoms with Crippen molar-refractivity contribution in [3.05, 3.63) is 30.3 Å². The number of aliphatic hydroxyl groups is 2. The average molecular weight is 675 g/mol. The molecule has 0 saturated heterocycles. The molecule has 5 saturated carbocycles. The van der Waals surface area contributed by atoms with Gasteiger partial charge in [0.05, 0.1) is 15.7 Å². The molecule has 5 fully saturated rings. The molecule has 5 aliphatic carbocycles. The number of benzene rings is 1. The van der Waals surface area contributed by atoms with Crippen molar-refractivity contribution in [1.82, 2.24) is 0 Å². The fourth-order valence-electron chi connectivity index (χ4n) is 11.7. The van der Waals surface area contributed by atoms with E-state index in [2.05, 4.69) is 13.8 Å². The second kappa shape index (κ2) is 11.4. The molecule has 5 aliphatic rings. The molecular weight excluding hydrogens is 623 g/mol. The summed E-state index contributed by atoms with van der Waals surface area (Å²) in [6.45, 7) is 6.41. The van der Waals surface area contributed by atoms with Crippen LogP contribution in [0.1, 0.15) is 111 Å². The number of hydrogen-bond donors (Lipinski definition) is 2. The van der Waals surface area contributed by atoms with Gasteiger partial charge in [-0.3, -0.25) is 0 Å². The molecule has 1 aromatic carbocycles. The zero-order valence-corrected chi connectivity index (χ0v) is 28.2. The first-order valence-corrected chi connectivity index (χ1v) is 19.0. The van der Waals surface area contributed by atoms with Crippen molar-refractivity contribution < 1.29 is 40.6 Å². The van der Waals surface area contributed by atoms with Crippen LogP contribution in [-0.2, 0) is 9.84 Å². The van der Waals surface area contributed by atoms with Gasteiger partial charge >= 0.3 is 6.18 Å². The van der Waals surface area contributed by atoms with Crippen molar-refractivity contribution in [1.29, 1.82) is 0 Å². The molecule has 10 atom stereocenters. The molecule has 0 heterocycles. The molecule has 0 aromatic heterocycles. The Morgan fingerprint density at radius 1 is 0.826 bits per heavy atom. The molecular formula is C36H51F5O4S. The van der Waals surface area contributed by atoms with Gasteiger partial charge in [0.25, 0.3) is 0 Å². The normalized spacial score (nSPS) is 41.9. The highest BCUT2D eigenvalue weighted by Crippen LogP contribution is 2.69. The van der Waals surface area contributed by atoms with Crippen molar-refractivity contribution in [2.24, 2.45) is 46.3 Å². The lowest BCUT2D eigenvalue weighted by Crippen LogP contribution is -2.59. The number of rotatable bonds is 6. The van der Waals surface area contributed by atoms with Gasteiger partial charge in [-0.05, 0) is 136 Å². The van der Waals surface area contributed by atoms with E-state index < -0.39 is 51.2 Å². The van der Waals surface area contributed by atoms with Crippen LogP contribution >= 0.6 is 0 Å². The molecule has 6 rings (SSSR count). The molecule has 0 bridgehead atoms. The van der Waals surface area contributed by atoms with Crippen molar-refractivity contribution >= 4 is 9.84 Å². The Hall–Kier alpha value is -1.26. The molecule has 1 unspecified atom stereocenters. The van der Waals surface area contributed by atoms with Gasteiger partial charge in [0.15, 0.2) is 15.4 Å². The first kappa shape index (κ1) is 34.6. The zero-order chi connectivity index (χ0) is 33.6. The molecule has 0 spiro atoms. The third-order valence-corrected chi connectivity index (χ3v) is 16.8. The molecule has 10 heteroatoms. The zero-order valence-electron chi connectivity index (χ0n) is 27.3. The number of sulfone groups is 1. The van der Waals surface area contributed by atoms with Gasteiger partial charge in [-0.15, -0.1) is 0 Å². The first-order valence-electron chi connectivity index (χ1n) is 17.4. The van der Waals surface area contributed by atoms with Crippen LogP contribution in [0.25, 0.3) is 0 Å². The van der Waals surface area contributed by atoms with E-state index in [0.29, 0.717) is 24.7 Å². The Bertz CT molecular complexity index is 1370. The van der Waals surface area contributed by atoms with E-state index in [1.807, 2.05) is 6.92 Å². The highest BCUT2D eigenvalue weighted by molar-refractivity contribution is 7.92. The maximum atomic E-state index is 14.3. The van der Waals surface area contributed by atoms with Crippen LogP contribution in [0.2, 0.25) is 0 Å². The van der Waals surface area contributed by atoms with Gasteiger partial charge in [-0.2, -0.15) is 13.2 Å². The molecule has 0 aliphatic heterocycles. The molecule has 260 valence electrons. The Morgan fingerprint density at radius 2 is 1.46 bits per heavy atom. The smallest absolute Gasteiger partial charge is 0.390 e. The van der Waals surface area contributed by atoms with Crippen LogP contribution in [0.3, 0.4) is 0 Å². The van der Waals surface area contributed by atoms with Crippen molar-refractivity contribution in [3.8, 4) is 0 Å². The van der Waals surface area contributed by atoms with Gasteiger partial charge in [0.1, 0.15) is 0 Å². The van der Waals surface area contributed by atoms with Crippen LogP contribution < -0.4 is 0 Å². The molecule has 1 aromatic rings. The van der Waals surface area contributed by atoms with E-state index in [1.165, 1.54) is 0 Å². The van der Waals surface area contributed by atoms with Crippen molar-refractivity contribution in [3.63, 3.8) is 0 Å². The molecule has 4 nitrogen and oxygen atoms in total. The van der Waals surface area contributed by atoms with Gasteiger partial charge in [0.2, 0.25) is 5.92 Å². The highest BCUT2D eigenvalue weighted by Gasteiger charge is 2.65. The SMILES string of the molecule is C[C@H](C(CC1(O)CCC(F)(F)CC1)S(=O)(=O)c1ccccc1)[C@H]1CC[C@H]2[C@@H]3CC[C@H]4C[C@](O)(C(F)(F)F)CC[C@]4(C)[C@H]3CC[C@]12C. The second-order valence-electron chi connectivity index (χ2n) is 16.7. The Morgan fingerprint density at radius 3 is 2.09 bits per heavy atom.